The van der Waals surface area contributed by atoms with Crippen LogP contribution in [0.1, 0.15) is 54.4 Å². The standard InChI is InChI=1S/C40H46N2O7/c1-46-35-21-17-32(18-22-35)40(33-19-23-36(47-2)24-20-33,49-29-31-14-8-4-9-15-31)37-26-34(43)27-42(37)38(44)16-10-5-11-25-41-39(45)48-28-30-12-6-3-7-13-30/h3-4,6-9,12-15,17-24,34,37,43H,5,10-11,16,25-29H2,1-2H3,(H,41,45). The molecule has 9 heteroatoms. The number of hydrogen-bond acceptors (Lipinski definition) is 7. The van der Waals surface area contributed by atoms with Crippen molar-refractivity contribution in [3.8, 4) is 11.5 Å². The Morgan fingerprint density at radius 1 is 0.755 bits per heavy atom. The fourth-order valence-corrected chi connectivity index (χ4v) is 6.42. The Bertz CT molecular complexity index is 1550. The third kappa shape index (κ3) is 9.19. The van der Waals surface area contributed by atoms with Crippen molar-refractivity contribution in [2.45, 2.75) is 63.1 Å². The maximum atomic E-state index is 14.0. The van der Waals surface area contributed by atoms with Gasteiger partial charge in [0, 0.05) is 19.5 Å². The van der Waals surface area contributed by atoms with Crippen LogP contribution in [0.2, 0.25) is 0 Å². The van der Waals surface area contributed by atoms with Gasteiger partial charge in [-0.15, -0.1) is 0 Å². The molecule has 2 atom stereocenters. The van der Waals surface area contributed by atoms with Crippen LogP contribution < -0.4 is 14.8 Å². The highest BCUT2D eigenvalue weighted by atomic mass is 16.5. The first-order valence-electron chi connectivity index (χ1n) is 16.8. The molecule has 0 radical (unpaired) electrons. The van der Waals surface area contributed by atoms with E-state index in [9.17, 15) is 14.7 Å². The van der Waals surface area contributed by atoms with Gasteiger partial charge in [0.2, 0.25) is 5.91 Å². The minimum Gasteiger partial charge on any atom is -0.497 e. The summed E-state index contributed by atoms with van der Waals surface area (Å²) in [6, 6.07) is 34.4. The second-order valence-corrected chi connectivity index (χ2v) is 12.2. The normalized spacial score (nSPS) is 15.9. The first-order valence-corrected chi connectivity index (χ1v) is 16.8. The number of rotatable bonds is 16. The summed E-state index contributed by atoms with van der Waals surface area (Å²) in [5, 5.41) is 13.9. The summed E-state index contributed by atoms with van der Waals surface area (Å²) in [7, 11) is 3.25. The summed E-state index contributed by atoms with van der Waals surface area (Å²) in [5.74, 6) is 1.36. The third-order valence-corrected chi connectivity index (χ3v) is 8.97. The van der Waals surface area contributed by atoms with E-state index in [1.54, 1.807) is 19.1 Å². The van der Waals surface area contributed by atoms with Crippen LogP contribution in [0.25, 0.3) is 0 Å². The molecule has 258 valence electrons. The molecule has 0 bridgehead atoms. The van der Waals surface area contributed by atoms with Crippen molar-refractivity contribution >= 4 is 12.0 Å². The van der Waals surface area contributed by atoms with Gasteiger partial charge in [-0.25, -0.2) is 4.79 Å². The Kier molecular flexibility index (Phi) is 12.7. The number of alkyl carbamates (subject to hydrolysis) is 1. The van der Waals surface area contributed by atoms with Gasteiger partial charge in [-0.1, -0.05) is 91.3 Å². The smallest absolute Gasteiger partial charge is 0.407 e. The molecule has 1 heterocycles. The van der Waals surface area contributed by atoms with Gasteiger partial charge in [0.25, 0.3) is 0 Å². The molecule has 0 spiro atoms. The zero-order valence-corrected chi connectivity index (χ0v) is 28.3. The largest absolute Gasteiger partial charge is 0.497 e. The van der Waals surface area contributed by atoms with E-state index in [4.69, 9.17) is 18.9 Å². The van der Waals surface area contributed by atoms with Gasteiger partial charge in [-0.05, 0) is 65.8 Å². The van der Waals surface area contributed by atoms with Gasteiger partial charge in [-0.3, -0.25) is 4.79 Å². The molecule has 2 N–H and O–H groups in total. The van der Waals surface area contributed by atoms with Crippen LogP contribution in [0.3, 0.4) is 0 Å². The molecule has 2 amide bonds. The van der Waals surface area contributed by atoms with Gasteiger partial charge < -0.3 is 34.3 Å². The Labute approximate surface area is 288 Å². The minimum absolute atomic E-state index is 0.0495. The van der Waals surface area contributed by atoms with Crippen molar-refractivity contribution in [1.82, 2.24) is 10.2 Å². The number of aliphatic hydroxyl groups excluding tert-OH is 1. The van der Waals surface area contributed by atoms with Gasteiger partial charge >= 0.3 is 6.09 Å². The highest BCUT2D eigenvalue weighted by Gasteiger charge is 2.51. The quantitative estimate of drug-likeness (QED) is 0.130. The van der Waals surface area contributed by atoms with Crippen LogP contribution in [-0.2, 0) is 33.1 Å². The molecule has 9 nitrogen and oxygen atoms in total. The average molecular weight is 667 g/mol. The number of aliphatic hydroxyl groups is 1. The zero-order valence-electron chi connectivity index (χ0n) is 28.3. The van der Waals surface area contributed by atoms with Crippen molar-refractivity contribution < 1.29 is 33.6 Å². The molecule has 2 unspecified atom stereocenters. The SMILES string of the molecule is COc1ccc(C(OCc2ccccc2)(c2ccc(OC)cc2)C2CC(O)CN2C(=O)CCCCCNC(=O)OCc2ccccc2)cc1. The molecular weight excluding hydrogens is 620 g/mol. The second kappa shape index (κ2) is 17.5. The second-order valence-electron chi connectivity index (χ2n) is 12.2. The number of hydrogen-bond donors (Lipinski definition) is 2. The number of methoxy groups -OCH3 is 2. The number of nitrogens with one attached hydrogen (secondary N) is 1. The highest BCUT2D eigenvalue weighted by molar-refractivity contribution is 5.77. The first-order chi connectivity index (χ1) is 23.9. The van der Waals surface area contributed by atoms with Crippen LogP contribution in [0, 0.1) is 0 Å². The van der Waals surface area contributed by atoms with Crippen molar-refractivity contribution in [1.29, 1.82) is 0 Å². The Hall–Kier alpha value is -4.86. The van der Waals surface area contributed by atoms with Crippen LogP contribution in [0.4, 0.5) is 4.79 Å². The summed E-state index contributed by atoms with van der Waals surface area (Å²) < 4.78 is 23.3. The lowest BCUT2D eigenvalue weighted by molar-refractivity contribution is -0.141. The summed E-state index contributed by atoms with van der Waals surface area (Å²) in [4.78, 5) is 27.9. The summed E-state index contributed by atoms with van der Waals surface area (Å²) in [6.07, 6.45) is 1.57. The summed E-state index contributed by atoms with van der Waals surface area (Å²) in [6.45, 7) is 1.17. The van der Waals surface area contributed by atoms with E-state index < -0.39 is 23.8 Å². The van der Waals surface area contributed by atoms with Crippen molar-refractivity contribution in [2.75, 3.05) is 27.3 Å². The Balaban J connectivity index is 1.31. The maximum Gasteiger partial charge on any atom is 0.407 e. The van der Waals surface area contributed by atoms with Crippen molar-refractivity contribution in [3.63, 3.8) is 0 Å². The van der Waals surface area contributed by atoms with Gasteiger partial charge in [-0.2, -0.15) is 0 Å². The van der Waals surface area contributed by atoms with Crippen LogP contribution in [0.15, 0.2) is 109 Å². The predicted molar refractivity (Wildman–Crippen MR) is 187 cm³/mol. The van der Waals surface area contributed by atoms with Gasteiger partial charge in [0.1, 0.15) is 23.7 Å². The van der Waals surface area contributed by atoms with E-state index in [0.29, 0.717) is 43.7 Å². The number of carbonyl (C=O) groups excluding carboxylic acids is 2. The Morgan fingerprint density at radius 3 is 1.86 bits per heavy atom. The van der Waals surface area contributed by atoms with Crippen molar-refractivity contribution in [2.24, 2.45) is 0 Å². The fraction of sp³-hybridized carbons (Fsp3) is 0.350. The molecule has 5 rings (SSSR count). The summed E-state index contributed by atoms with van der Waals surface area (Å²) in [5.41, 5.74) is 2.48. The van der Waals surface area contributed by atoms with E-state index in [1.807, 2.05) is 109 Å². The molecule has 1 saturated heterocycles. The van der Waals surface area contributed by atoms with Gasteiger partial charge in [0.15, 0.2) is 0 Å². The number of likely N-dealkylation sites (tertiary alicyclic amines) is 1. The van der Waals surface area contributed by atoms with Crippen LogP contribution in [-0.4, -0.2) is 61.5 Å². The molecule has 1 fully saturated rings. The molecule has 1 aliphatic rings. The van der Waals surface area contributed by atoms with E-state index >= 15 is 0 Å². The number of nitrogens with zero attached hydrogens (tertiary/aromatic N) is 1. The number of β-amino-alcohol motifs (C(OH)–C–C–N with tert-alkyl or cyclic N) is 1. The number of ether oxygens (including phenoxy) is 4. The monoisotopic (exact) mass is 666 g/mol. The molecule has 0 saturated carbocycles. The van der Waals surface area contributed by atoms with E-state index in [0.717, 1.165) is 28.7 Å². The molecule has 4 aromatic rings. The van der Waals surface area contributed by atoms with E-state index in [-0.39, 0.29) is 25.7 Å². The molecule has 4 aromatic carbocycles. The lowest BCUT2D eigenvalue weighted by Crippen LogP contribution is -2.52. The maximum absolute atomic E-state index is 14.0. The minimum atomic E-state index is -1.12. The lowest BCUT2D eigenvalue weighted by Gasteiger charge is -2.44. The summed E-state index contributed by atoms with van der Waals surface area (Å²) >= 11 is 0. The third-order valence-electron chi connectivity index (χ3n) is 8.97. The Morgan fingerprint density at radius 2 is 1.31 bits per heavy atom. The zero-order chi connectivity index (χ0) is 34.5. The highest BCUT2D eigenvalue weighted by Crippen LogP contribution is 2.45. The fourth-order valence-electron chi connectivity index (χ4n) is 6.42. The number of unbranched alkanes of at least 4 members (excludes halogenated alkanes) is 2. The average Bonchev–Trinajstić information content (AvgIpc) is 3.55. The molecular formula is C40H46N2O7. The topological polar surface area (TPSA) is 107 Å². The number of carbonyl (C=O) groups is 2. The number of benzene rings is 4. The van der Waals surface area contributed by atoms with Crippen LogP contribution in [0.5, 0.6) is 11.5 Å². The van der Waals surface area contributed by atoms with E-state index in [1.165, 1.54) is 0 Å². The molecule has 1 aliphatic heterocycles. The predicted octanol–water partition coefficient (Wildman–Crippen LogP) is 6.61. The molecule has 0 aromatic heterocycles. The number of amides is 2. The molecule has 0 aliphatic carbocycles. The van der Waals surface area contributed by atoms with E-state index in [2.05, 4.69) is 5.32 Å². The van der Waals surface area contributed by atoms with Crippen LogP contribution >= 0.6 is 0 Å². The first kappa shape index (κ1) is 35.4. The lowest BCUT2D eigenvalue weighted by atomic mass is 9.78. The van der Waals surface area contributed by atoms with Gasteiger partial charge in [0.05, 0.1) is 33.0 Å². The van der Waals surface area contributed by atoms with Crippen molar-refractivity contribution in [3.05, 3.63) is 131 Å². The molecule has 49 heavy (non-hydrogen) atoms.